The zero-order valence-corrected chi connectivity index (χ0v) is 10.6. The molecule has 0 aliphatic carbocycles. The Labute approximate surface area is 94.3 Å². The maximum absolute atomic E-state index is 10.8. The summed E-state index contributed by atoms with van der Waals surface area (Å²) < 4.78 is 10.8. The summed E-state index contributed by atoms with van der Waals surface area (Å²) in [5, 5.41) is 3.06. The summed E-state index contributed by atoms with van der Waals surface area (Å²) in [5.74, 6) is 7.12. The Morgan fingerprint density at radius 3 is 2.67 bits per heavy atom. The smallest absolute Gasteiger partial charge is 0.205 e. The molecular formula is C9H22N4OS. The van der Waals surface area contributed by atoms with Crippen LogP contribution in [0.5, 0.6) is 0 Å². The molecule has 1 atom stereocenters. The van der Waals surface area contributed by atoms with Gasteiger partial charge in [-0.25, -0.2) is 5.84 Å². The van der Waals surface area contributed by atoms with Gasteiger partial charge in [-0.1, -0.05) is 13.8 Å². The highest BCUT2D eigenvalue weighted by molar-refractivity contribution is 7.84. The van der Waals surface area contributed by atoms with Gasteiger partial charge in [-0.15, -0.1) is 0 Å². The van der Waals surface area contributed by atoms with Crippen LogP contribution in [-0.2, 0) is 10.8 Å². The van der Waals surface area contributed by atoms with Crippen molar-refractivity contribution < 1.29 is 4.21 Å². The van der Waals surface area contributed by atoms with Gasteiger partial charge in [-0.2, -0.15) is 0 Å². The standard InChI is InChI=1S/C9H22N4OS/c1-8(2)7-12-9(13-10)11-5-4-6-15(3)14/h8H,4-7,10H2,1-3H3,(H2,11,12,13). The second kappa shape index (κ2) is 8.67. The van der Waals surface area contributed by atoms with Crippen LogP contribution >= 0.6 is 0 Å². The Kier molecular flexibility index (Phi) is 8.31. The first kappa shape index (κ1) is 14.4. The minimum Gasteiger partial charge on any atom is -0.355 e. The lowest BCUT2D eigenvalue weighted by molar-refractivity contribution is 0.656. The molecule has 5 nitrogen and oxygen atoms in total. The molecule has 0 saturated heterocycles. The van der Waals surface area contributed by atoms with Crippen molar-refractivity contribution >= 4 is 16.8 Å². The number of aliphatic imine (C=N–C) groups is 1. The Morgan fingerprint density at radius 1 is 1.53 bits per heavy atom. The number of hydrogen-bond acceptors (Lipinski definition) is 3. The fourth-order valence-corrected chi connectivity index (χ4v) is 1.46. The third kappa shape index (κ3) is 9.68. The first-order chi connectivity index (χ1) is 7.06. The van der Waals surface area contributed by atoms with Gasteiger partial charge >= 0.3 is 0 Å². The van der Waals surface area contributed by atoms with Crippen molar-refractivity contribution in [1.82, 2.24) is 10.7 Å². The second-order valence-corrected chi connectivity index (χ2v) is 5.34. The largest absolute Gasteiger partial charge is 0.355 e. The van der Waals surface area contributed by atoms with Gasteiger partial charge in [0.05, 0.1) is 0 Å². The highest BCUT2D eigenvalue weighted by Gasteiger charge is 1.97. The first-order valence-electron chi connectivity index (χ1n) is 5.11. The lowest BCUT2D eigenvalue weighted by Crippen LogP contribution is -2.42. The van der Waals surface area contributed by atoms with Crippen LogP contribution in [0.15, 0.2) is 4.99 Å². The van der Waals surface area contributed by atoms with E-state index in [-0.39, 0.29) is 0 Å². The van der Waals surface area contributed by atoms with Crippen molar-refractivity contribution in [3.63, 3.8) is 0 Å². The molecule has 90 valence electrons. The molecule has 0 saturated carbocycles. The van der Waals surface area contributed by atoms with Crippen LogP contribution in [0.2, 0.25) is 0 Å². The normalized spacial score (nSPS) is 14.1. The number of hydrazine groups is 1. The topological polar surface area (TPSA) is 79.5 Å². The van der Waals surface area contributed by atoms with Crippen LogP contribution in [0, 0.1) is 5.92 Å². The van der Waals surface area contributed by atoms with Gasteiger partial charge in [0.2, 0.25) is 5.96 Å². The number of nitrogens with one attached hydrogen (secondary N) is 2. The molecule has 0 spiro atoms. The van der Waals surface area contributed by atoms with Crippen molar-refractivity contribution in [2.45, 2.75) is 20.3 Å². The predicted octanol–water partition coefficient (Wildman–Crippen LogP) is -0.180. The Hall–Kier alpha value is -0.620. The second-order valence-electron chi connectivity index (χ2n) is 3.79. The number of nitrogens with two attached hydrogens (primary N) is 1. The van der Waals surface area contributed by atoms with Gasteiger partial charge in [0, 0.05) is 35.9 Å². The van der Waals surface area contributed by atoms with Gasteiger partial charge < -0.3 is 5.32 Å². The zero-order valence-electron chi connectivity index (χ0n) is 9.75. The first-order valence-corrected chi connectivity index (χ1v) is 6.84. The molecule has 0 bridgehead atoms. The molecular weight excluding hydrogens is 212 g/mol. The quantitative estimate of drug-likeness (QED) is 0.196. The van der Waals surface area contributed by atoms with E-state index >= 15 is 0 Å². The van der Waals surface area contributed by atoms with Gasteiger partial charge in [0.15, 0.2) is 0 Å². The molecule has 6 heteroatoms. The van der Waals surface area contributed by atoms with E-state index in [2.05, 4.69) is 29.6 Å². The number of rotatable bonds is 6. The number of nitrogens with zero attached hydrogens (tertiary/aromatic N) is 1. The summed E-state index contributed by atoms with van der Waals surface area (Å²) in [6.07, 6.45) is 2.56. The van der Waals surface area contributed by atoms with E-state index in [0.717, 1.165) is 19.5 Å². The summed E-state index contributed by atoms with van der Waals surface area (Å²) in [6.45, 7) is 5.67. The molecule has 0 rings (SSSR count). The number of guanidine groups is 1. The SMILES string of the molecule is CC(C)CN=C(NN)NCCCS(C)=O. The van der Waals surface area contributed by atoms with E-state index in [0.29, 0.717) is 17.6 Å². The Morgan fingerprint density at radius 2 is 2.20 bits per heavy atom. The van der Waals surface area contributed by atoms with E-state index in [1.54, 1.807) is 6.26 Å². The fraction of sp³-hybridized carbons (Fsp3) is 0.889. The van der Waals surface area contributed by atoms with E-state index in [1.165, 1.54) is 0 Å². The summed E-state index contributed by atoms with van der Waals surface area (Å²) >= 11 is 0. The van der Waals surface area contributed by atoms with E-state index in [1.807, 2.05) is 0 Å². The Balaban J connectivity index is 3.70. The van der Waals surface area contributed by atoms with Crippen LogP contribution in [-0.4, -0.2) is 35.3 Å². The minimum atomic E-state index is -0.725. The molecule has 0 aromatic rings. The molecule has 0 fully saturated rings. The molecule has 0 amide bonds. The summed E-state index contributed by atoms with van der Waals surface area (Å²) in [4.78, 5) is 4.25. The van der Waals surface area contributed by atoms with Crippen LogP contribution < -0.4 is 16.6 Å². The van der Waals surface area contributed by atoms with Crippen molar-refractivity contribution in [2.75, 3.05) is 25.1 Å². The van der Waals surface area contributed by atoms with Gasteiger partial charge in [0.1, 0.15) is 0 Å². The average molecular weight is 234 g/mol. The Bertz CT molecular complexity index is 218. The predicted molar refractivity (Wildman–Crippen MR) is 66.0 cm³/mol. The van der Waals surface area contributed by atoms with E-state index < -0.39 is 10.8 Å². The maximum atomic E-state index is 10.8. The van der Waals surface area contributed by atoms with Crippen molar-refractivity contribution in [2.24, 2.45) is 16.8 Å². The monoisotopic (exact) mass is 234 g/mol. The van der Waals surface area contributed by atoms with Crippen molar-refractivity contribution in [3.8, 4) is 0 Å². The molecule has 0 aliphatic heterocycles. The van der Waals surface area contributed by atoms with E-state index in [9.17, 15) is 4.21 Å². The minimum absolute atomic E-state index is 0.512. The lowest BCUT2D eigenvalue weighted by Gasteiger charge is -2.09. The zero-order chi connectivity index (χ0) is 11.7. The molecule has 0 heterocycles. The maximum Gasteiger partial charge on any atom is 0.205 e. The van der Waals surface area contributed by atoms with E-state index in [4.69, 9.17) is 5.84 Å². The lowest BCUT2D eigenvalue weighted by atomic mass is 10.2. The van der Waals surface area contributed by atoms with Crippen LogP contribution in [0.1, 0.15) is 20.3 Å². The molecule has 0 radical (unpaired) electrons. The van der Waals surface area contributed by atoms with Crippen LogP contribution in [0.4, 0.5) is 0 Å². The molecule has 15 heavy (non-hydrogen) atoms. The summed E-state index contributed by atoms with van der Waals surface area (Å²) in [6, 6.07) is 0. The van der Waals surface area contributed by atoms with Crippen LogP contribution in [0.3, 0.4) is 0 Å². The summed E-state index contributed by atoms with van der Waals surface area (Å²) in [7, 11) is -0.725. The molecule has 4 N–H and O–H groups in total. The highest BCUT2D eigenvalue weighted by Crippen LogP contribution is 1.90. The number of hydrogen-bond donors (Lipinski definition) is 3. The highest BCUT2D eigenvalue weighted by atomic mass is 32.2. The van der Waals surface area contributed by atoms with Crippen LogP contribution in [0.25, 0.3) is 0 Å². The summed E-state index contributed by atoms with van der Waals surface area (Å²) in [5.41, 5.74) is 2.51. The van der Waals surface area contributed by atoms with Gasteiger partial charge in [-0.05, 0) is 12.3 Å². The third-order valence-corrected chi connectivity index (χ3v) is 2.52. The van der Waals surface area contributed by atoms with Crippen molar-refractivity contribution in [3.05, 3.63) is 0 Å². The third-order valence-electron chi connectivity index (χ3n) is 1.65. The van der Waals surface area contributed by atoms with Gasteiger partial charge in [-0.3, -0.25) is 14.6 Å². The van der Waals surface area contributed by atoms with Gasteiger partial charge in [0.25, 0.3) is 0 Å². The molecule has 0 aromatic heterocycles. The average Bonchev–Trinajstić information content (AvgIpc) is 2.16. The molecule has 0 aromatic carbocycles. The fourth-order valence-electron chi connectivity index (χ4n) is 0.909. The van der Waals surface area contributed by atoms with Crippen molar-refractivity contribution in [1.29, 1.82) is 0 Å². The molecule has 0 aliphatic rings. The molecule has 1 unspecified atom stereocenters.